The first-order chi connectivity index (χ1) is 6.35. The molecule has 0 bridgehead atoms. The second kappa shape index (κ2) is 4.17. The van der Waals surface area contributed by atoms with Gasteiger partial charge in [0.05, 0.1) is 6.10 Å². The number of nitrogens with one attached hydrogen (secondary N) is 1. The van der Waals surface area contributed by atoms with Gasteiger partial charge in [-0.15, -0.1) is 0 Å². The number of aliphatic hydroxyl groups excluding tert-OH is 1. The van der Waals surface area contributed by atoms with Crippen LogP contribution in [0.3, 0.4) is 0 Å². The van der Waals surface area contributed by atoms with E-state index in [1.165, 1.54) is 0 Å². The maximum atomic E-state index is 9.57. The van der Waals surface area contributed by atoms with E-state index < -0.39 is 0 Å². The summed E-state index contributed by atoms with van der Waals surface area (Å²) in [5.41, 5.74) is 0.0477. The molecule has 2 N–H and O–H groups in total. The molecule has 1 saturated carbocycles. The lowest BCUT2D eigenvalue weighted by Crippen LogP contribution is -2.61. The van der Waals surface area contributed by atoms with Gasteiger partial charge in [0.1, 0.15) is 0 Å². The lowest BCUT2D eigenvalue weighted by atomic mass is 9.64. The van der Waals surface area contributed by atoms with E-state index >= 15 is 0 Å². The third-order valence-corrected chi connectivity index (χ3v) is 3.76. The maximum absolute atomic E-state index is 9.57. The molecular weight excluding hydrogens is 176 g/mol. The third kappa shape index (κ3) is 2.27. The van der Waals surface area contributed by atoms with E-state index in [0.717, 1.165) is 13.0 Å². The van der Waals surface area contributed by atoms with Crippen LogP contribution in [0.15, 0.2) is 0 Å². The van der Waals surface area contributed by atoms with Gasteiger partial charge in [-0.05, 0) is 27.4 Å². The summed E-state index contributed by atoms with van der Waals surface area (Å²) in [6, 6.07) is 1.02. The maximum Gasteiger partial charge on any atom is 0.0621 e. The Morgan fingerprint density at radius 1 is 1.50 bits per heavy atom. The second-order valence-corrected chi connectivity index (χ2v) is 5.35. The molecule has 84 valence electrons. The van der Waals surface area contributed by atoms with Crippen LogP contribution in [0.25, 0.3) is 0 Å². The summed E-state index contributed by atoms with van der Waals surface area (Å²) in [5.74, 6) is 0. The molecule has 14 heavy (non-hydrogen) atoms. The molecule has 3 unspecified atom stereocenters. The van der Waals surface area contributed by atoms with Crippen molar-refractivity contribution in [1.82, 2.24) is 10.2 Å². The van der Waals surface area contributed by atoms with Crippen molar-refractivity contribution >= 4 is 0 Å². The van der Waals surface area contributed by atoms with E-state index in [2.05, 4.69) is 45.1 Å². The molecule has 1 rings (SSSR count). The van der Waals surface area contributed by atoms with Gasteiger partial charge in [-0.1, -0.05) is 13.8 Å². The third-order valence-electron chi connectivity index (χ3n) is 3.76. The van der Waals surface area contributed by atoms with Crippen molar-refractivity contribution in [1.29, 1.82) is 0 Å². The molecule has 3 heteroatoms. The molecule has 0 saturated heterocycles. The number of likely N-dealkylation sites (N-methyl/N-ethyl adjacent to an activating group) is 1. The molecule has 1 aliphatic rings. The zero-order valence-electron chi connectivity index (χ0n) is 10.0. The molecule has 1 fully saturated rings. The quantitative estimate of drug-likeness (QED) is 0.701. The van der Waals surface area contributed by atoms with Crippen molar-refractivity contribution in [3.63, 3.8) is 0 Å². The predicted molar refractivity (Wildman–Crippen MR) is 59.3 cm³/mol. The molecular formula is C11H24N2O. The Morgan fingerprint density at radius 3 is 2.43 bits per heavy atom. The number of rotatable bonds is 4. The van der Waals surface area contributed by atoms with E-state index in [0.29, 0.717) is 12.1 Å². The Labute approximate surface area is 87.5 Å². The summed E-state index contributed by atoms with van der Waals surface area (Å²) in [6.07, 6.45) is 0.766. The number of nitrogens with zero attached hydrogens (tertiary/aromatic N) is 1. The van der Waals surface area contributed by atoms with E-state index in [9.17, 15) is 5.11 Å². The van der Waals surface area contributed by atoms with Crippen molar-refractivity contribution in [3.05, 3.63) is 0 Å². The molecule has 0 spiro atoms. The molecule has 0 aromatic rings. The Balaban J connectivity index is 2.27. The molecule has 1 aliphatic carbocycles. The van der Waals surface area contributed by atoms with E-state index in [1.54, 1.807) is 0 Å². The van der Waals surface area contributed by atoms with Gasteiger partial charge in [0.25, 0.3) is 0 Å². The molecule has 0 aromatic heterocycles. The minimum absolute atomic E-state index is 0.0477. The van der Waals surface area contributed by atoms with Gasteiger partial charge in [0.15, 0.2) is 0 Å². The molecule has 3 atom stereocenters. The average Bonchev–Trinajstić information content (AvgIpc) is 2.11. The number of hydrogen-bond donors (Lipinski definition) is 2. The predicted octanol–water partition coefficient (Wildman–Crippen LogP) is 0.685. The zero-order chi connectivity index (χ0) is 10.9. The number of aliphatic hydroxyl groups is 1. The highest BCUT2D eigenvalue weighted by molar-refractivity contribution is 5.01. The molecule has 0 heterocycles. The fourth-order valence-corrected chi connectivity index (χ4v) is 1.74. The lowest BCUT2D eigenvalue weighted by Gasteiger charge is -2.50. The fraction of sp³-hybridized carbons (Fsp3) is 1.00. The van der Waals surface area contributed by atoms with Gasteiger partial charge in [-0.3, -0.25) is 0 Å². The van der Waals surface area contributed by atoms with Gasteiger partial charge in [0.2, 0.25) is 0 Å². The standard InChI is InChI=1S/C11H24N2O/c1-8(13(4)5)7-12-9-6-10(14)11(9,2)3/h8-10,12,14H,6-7H2,1-5H3. The van der Waals surface area contributed by atoms with E-state index in [1.807, 2.05) is 0 Å². The summed E-state index contributed by atoms with van der Waals surface area (Å²) in [7, 11) is 4.18. The van der Waals surface area contributed by atoms with Crippen molar-refractivity contribution in [2.45, 2.75) is 45.4 Å². The summed E-state index contributed by atoms with van der Waals surface area (Å²) in [6.45, 7) is 7.45. The normalized spacial score (nSPS) is 32.8. The van der Waals surface area contributed by atoms with Crippen LogP contribution >= 0.6 is 0 Å². The molecule has 0 aromatic carbocycles. The zero-order valence-corrected chi connectivity index (χ0v) is 10.0. The highest BCUT2D eigenvalue weighted by atomic mass is 16.3. The first kappa shape index (κ1) is 12.0. The van der Waals surface area contributed by atoms with Gasteiger partial charge in [-0.2, -0.15) is 0 Å². The Bertz CT molecular complexity index is 192. The van der Waals surface area contributed by atoms with Gasteiger partial charge in [-0.25, -0.2) is 0 Å². The Kier molecular flexibility index (Phi) is 3.56. The molecule has 0 aliphatic heterocycles. The minimum atomic E-state index is -0.130. The van der Waals surface area contributed by atoms with Gasteiger partial charge >= 0.3 is 0 Å². The minimum Gasteiger partial charge on any atom is -0.392 e. The van der Waals surface area contributed by atoms with E-state index in [4.69, 9.17) is 0 Å². The van der Waals surface area contributed by atoms with Crippen LogP contribution < -0.4 is 5.32 Å². The lowest BCUT2D eigenvalue weighted by molar-refractivity contribution is -0.0733. The van der Waals surface area contributed by atoms with Crippen LogP contribution in [0.1, 0.15) is 27.2 Å². The second-order valence-electron chi connectivity index (χ2n) is 5.35. The van der Waals surface area contributed by atoms with Crippen LogP contribution in [0.5, 0.6) is 0 Å². The van der Waals surface area contributed by atoms with Crippen molar-refractivity contribution in [3.8, 4) is 0 Å². The smallest absolute Gasteiger partial charge is 0.0621 e. The molecule has 0 radical (unpaired) electrons. The molecule has 3 nitrogen and oxygen atoms in total. The SMILES string of the molecule is CC(CNC1CC(O)C1(C)C)N(C)C. The van der Waals surface area contributed by atoms with Crippen LogP contribution in [0.2, 0.25) is 0 Å². The monoisotopic (exact) mass is 200 g/mol. The van der Waals surface area contributed by atoms with Crippen LogP contribution in [0.4, 0.5) is 0 Å². The largest absolute Gasteiger partial charge is 0.392 e. The van der Waals surface area contributed by atoms with Crippen molar-refractivity contribution in [2.75, 3.05) is 20.6 Å². The Morgan fingerprint density at radius 2 is 2.07 bits per heavy atom. The highest BCUT2D eigenvalue weighted by Crippen LogP contribution is 2.40. The Hall–Kier alpha value is -0.120. The van der Waals surface area contributed by atoms with Crippen LogP contribution in [-0.2, 0) is 0 Å². The highest BCUT2D eigenvalue weighted by Gasteiger charge is 2.46. The fourth-order valence-electron chi connectivity index (χ4n) is 1.74. The van der Waals surface area contributed by atoms with Crippen LogP contribution in [-0.4, -0.2) is 48.8 Å². The average molecular weight is 200 g/mol. The van der Waals surface area contributed by atoms with Gasteiger partial charge in [0, 0.05) is 24.0 Å². The summed E-state index contributed by atoms with van der Waals surface area (Å²) < 4.78 is 0. The van der Waals surface area contributed by atoms with E-state index in [-0.39, 0.29) is 11.5 Å². The number of hydrogen-bond acceptors (Lipinski definition) is 3. The first-order valence-corrected chi connectivity index (χ1v) is 5.43. The summed E-state index contributed by atoms with van der Waals surface area (Å²) in [4.78, 5) is 2.20. The summed E-state index contributed by atoms with van der Waals surface area (Å²) >= 11 is 0. The van der Waals surface area contributed by atoms with Gasteiger partial charge < -0.3 is 15.3 Å². The molecule has 0 amide bonds. The topological polar surface area (TPSA) is 35.5 Å². The van der Waals surface area contributed by atoms with Crippen LogP contribution in [0, 0.1) is 5.41 Å². The first-order valence-electron chi connectivity index (χ1n) is 5.43. The van der Waals surface area contributed by atoms with Crippen molar-refractivity contribution in [2.24, 2.45) is 5.41 Å². The summed E-state index contributed by atoms with van der Waals surface area (Å²) in [5, 5.41) is 13.1. The van der Waals surface area contributed by atoms with Crippen molar-refractivity contribution < 1.29 is 5.11 Å².